The van der Waals surface area contributed by atoms with Crippen molar-refractivity contribution >= 4 is 11.9 Å². The third-order valence-electron chi connectivity index (χ3n) is 4.41. The minimum atomic E-state index is 0.218. The summed E-state index contributed by atoms with van der Waals surface area (Å²) in [4.78, 5) is 16.4. The fourth-order valence-electron chi connectivity index (χ4n) is 2.83. The topological polar surface area (TPSA) is 62.5 Å². The first-order valence-electron chi connectivity index (χ1n) is 8.56. The summed E-state index contributed by atoms with van der Waals surface area (Å²) in [5.74, 6) is 0.872. The van der Waals surface area contributed by atoms with Gasteiger partial charge in [-0.2, -0.15) is 0 Å². The molecule has 6 heteroatoms. The number of carbonyl (C=O) groups excluding carboxylic acids is 1. The Kier molecular flexibility index (Phi) is 5.13. The number of benzene rings is 1. The maximum atomic E-state index is 12.4. The monoisotopic (exact) mass is 328 g/mol. The van der Waals surface area contributed by atoms with Gasteiger partial charge in [-0.25, -0.2) is 0 Å². The SMILES string of the molecule is CCc1nnc(N2CCN(C(=O)CCc3ccc(C)cc3)CC2)o1. The Morgan fingerprint density at radius 1 is 1.12 bits per heavy atom. The first-order valence-corrected chi connectivity index (χ1v) is 8.56. The summed E-state index contributed by atoms with van der Waals surface area (Å²) < 4.78 is 5.58. The van der Waals surface area contributed by atoms with Crippen LogP contribution in [0.15, 0.2) is 28.7 Å². The second-order valence-corrected chi connectivity index (χ2v) is 6.19. The van der Waals surface area contributed by atoms with Gasteiger partial charge >= 0.3 is 6.01 Å². The highest BCUT2D eigenvalue weighted by Gasteiger charge is 2.23. The van der Waals surface area contributed by atoms with Crippen molar-refractivity contribution in [3.05, 3.63) is 41.3 Å². The Balaban J connectivity index is 1.47. The van der Waals surface area contributed by atoms with Gasteiger partial charge in [0.25, 0.3) is 0 Å². The lowest BCUT2D eigenvalue weighted by Gasteiger charge is -2.33. The van der Waals surface area contributed by atoms with Crippen LogP contribution in [0, 0.1) is 6.92 Å². The van der Waals surface area contributed by atoms with Crippen molar-refractivity contribution in [2.45, 2.75) is 33.1 Å². The molecule has 3 rings (SSSR count). The molecule has 1 aliphatic heterocycles. The average Bonchev–Trinajstić information content (AvgIpc) is 3.10. The van der Waals surface area contributed by atoms with Crippen LogP contribution in [-0.4, -0.2) is 47.2 Å². The van der Waals surface area contributed by atoms with Crippen LogP contribution < -0.4 is 4.90 Å². The van der Waals surface area contributed by atoms with Gasteiger partial charge in [-0.05, 0) is 18.9 Å². The van der Waals surface area contributed by atoms with E-state index in [-0.39, 0.29) is 5.91 Å². The molecule has 24 heavy (non-hydrogen) atoms. The van der Waals surface area contributed by atoms with Gasteiger partial charge in [0.15, 0.2) is 0 Å². The zero-order valence-electron chi connectivity index (χ0n) is 14.4. The molecule has 0 saturated carbocycles. The summed E-state index contributed by atoms with van der Waals surface area (Å²) in [6, 6.07) is 8.95. The van der Waals surface area contributed by atoms with Gasteiger partial charge in [-0.15, -0.1) is 5.10 Å². The van der Waals surface area contributed by atoms with Gasteiger partial charge in [0.1, 0.15) is 0 Å². The number of piperazine rings is 1. The molecule has 128 valence electrons. The molecule has 1 saturated heterocycles. The van der Waals surface area contributed by atoms with Gasteiger partial charge in [-0.3, -0.25) is 4.79 Å². The molecule has 0 atom stereocenters. The highest BCUT2D eigenvalue weighted by atomic mass is 16.4. The Morgan fingerprint density at radius 2 is 1.83 bits per heavy atom. The molecule has 0 spiro atoms. The fourth-order valence-corrected chi connectivity index (χ4v) is 2.83. The van der Waals surface area contributed by atoms with Crippen LogP contribution >= 0.6 is 0 Å². The van der Waals surface area contributed by atoms with Crippen molar-refractivity contribution in [1.82, 2.24) is 15.1 Å². The first kappa shape index (κ1) is 16.5. The predicted octanol–water partition coefficient (Wildman–Crippen LogP) is 2.22. The number of rotatable bonds is 5. The predicted molar refractivity (Wildman–Crippen MR) is 92.0 cm³/mol. The zero-order valence-corrected chi connectivity index (χ0v) is 14.4. The van der Waals surface area contributed by atoms with Crippen LogP contribution in [-0.2, 0) is 17.6 Å². The summed E-state index contributed by atoms with van der Waals surface area (Å²) in [6.07, 6.45) is 2.09. The van der Waals surface area contributed by atoms with Crippen molar-refractivity contribution in [3.8, 4) is 0 Å². The van der Waals surface area contributed by atoms with Crippen LogP contribution in [0.1, 0.15) is 30.4 Å². The number of aryl methyl sites for hydroxylation is 3. The molecule has 1 aromatic carbocycles. The van der Waals surface area contributed by atoms with Gasteiger partial charge in [0.2, 0.25) is 11.8 Å². The van der Waals surface area contributed by atoms with E-state index >= 15 is 0 Å². The van der Waals surface area contributed by atoms with E-state index in [9.17, 15) is 4.79 Å². The van der Waals surface area contributed by atoms with Gasteiger partial charge in [0.05, 0.1) is 0 Å². The summed E-state index contributed by atoms with van der Waals surface area (Å²) in [7, 11) is 0. The van der Waals surface area contributed by atoms with Crippen LogP contribution in [0.4, 0.5) is 6.01 Å². The molecule has 2 heterocycles. The van der Waals surface area contributed by atoms with E-state index in [2.05, 4.69) is 46.3 Å². The number of anilines is 1. The summed E-state index contributed by atoms with van der Waals surface area (Å²) in [5, 5.41) is 8.06. The molecule has 1 aliphatic rings. The third-order valence-corrected chi connectivity index (χ3v) is 4.41. The lowest BCUT2D eigenvalue weighted by Crippen LogP contribution is -2.49. The number of hydrogen-bond donors (Lipinski definition) is 0. The van der Waals surface area contributed by atoms with Crippen LogP contribution in [0.25, 0.3) is 0 Å². The second-order valence-electron chi connectivity index (χ2n) is 6.19. The van der Waals surface area contributed by atoms with E-state index in [4.69, 9.17) is 4.42 Å². The van der Waals surface area contributed by atoms with Crippen molar-refractivity contribution in [1.29, 1.82) is 0 Å². The molecular weight excluding hydrogens is 304 g/mol. The molecular formula is C18H24N4O2. The van der Waals surface area contributed by atoms with E-state index in [0.717, 1.165) is 25.9 Å². The van der Waals surface area contributed by atoms with Gasteiger partial charge in [0, 0.05) is 39.0 Å². The Labute approximate surface area is 142 Å². The fraction of sp³-hybridized carbons (Fsp3) is 0.500. The third kappa shape index (κ3) is 3.93. The zero-order chi connectivity index (χ0) is 16.9. The number of hydrogen-bond acceptors (Lipinski definition) is 5. The largest absolute Gasteiger partial charge is 0.408 e. The average molecular weight is 328 g/mol. The van der Waals surface area contributed by atoms with Gasteiger partial charge in [-0.1, -0.05) is 41.9 Å². The van der Waals surface area contributed by atoms with Gasteiger partial charge < -0.3 is 14.2 Å². The summed E-state index contributed by atoms with van der Waals surface area (Å²) >= 11 is 0. The molecule has 0 radical (unpaired) electrons. The number of nitrogens with zero attached hydrogens (tertiary/aromatic N) is 4. The van der Waals surface area contributed by atoms with Crippen LogP contribution in [0.2, 0.25) is 0 Å². The van der Waals surface area contributed by atoms with Crippen molar-refractivity contribution in [2.75, 3.05) is 31.1 Å². The standard InChI is InChI=1S/C18H24N4O2/c1-3-16-19-20-18(24-16)22-12-10-21(11-13-22)17(23)9-8-15-6-4-14(2)5-7-15/h4-7H,3,8-13H2,1-2H3. The minimum Gasteiger partial charge on any atom is -0.408 e. The van der Waals surface area contributed by atoms with E-state index < -0.39 is 0 Å². The lowest BCUT2D eigenvalue weighted by atomic mass is 10.1. The number of aromatic nitrogens is 2. The molecule has 1 aromatic heterocycles. The first-order chi connectivity index (χ1) is 11.7. The van der Waals surface area contributed by atoms with E-state index in [1.165, 1.54) is 11.1 Å². The van der Waals surface area contributed by atoms with E-state index in [1.807, 2.05) is 11.8 Å². The van der Waals surface area contributed by atoms with Crippen LogP contribution in [0.5, 0.6) is 0 Å². The van der Waals surface area contributed by atoms with Crippen molar-refractivity contribution in [2.24, 2.45) is 0 Å². The van der Waals surface area contributed by atoms with Crippen molar-refractivity contribution in [3.63, 3.8) is 0 Å². The number of carbonyl (C=O) groups is 1. The lowest BCUT2D eigenvalue weighted by molar-refractivity contribution is -0.131. The minimum absolute atomic E-state index is 0.218. The maximum Gasteiger partial charge on any atom is 0.318 e. The normalized spacial score (nSPS) is 14.9. The molecule has 0 unspecified atom stereocenters. The molecule has 2 aromatic rings. The quantitative estimate of drug-likeness (QED) is 0.842. The molecule has 0 N–H and O–H groups in total. The maximum absolute atomic E-state index is 12.4. The molecule has 0 aliphatic carbocycles. The van der Waals surface area contributed by atoms with E-state index in [1.54, 1.807) is 0 Å². The molecule has 1 fully saturated rings. The Hall–Kier alpha value is -2.37. The Morgan fingerprint density at radius 3 is 2.46 bits per heavy atom. The molecule has 0 bridgehead atoms. The van der Waals surface area contributed by atoms with Crippen LogP contribution in [0.3, 0.4) is 0 Å². The highest BCUT2D eigenvalue weighted by Crippen LogP contribution is 2.16. The highest BCUT2D eigenvalue weighted by molar-refractivity contribution is 5.76. The molecule has 1 amide bonds. The Bertz CT molecular complexity index is 673. The smallest absolute Gasteiger partial charge is 0.318 e. The summed E-state index contributed by atoms with van der Waals surface area (Å²) in [5.41, 5.74) is 2.46. The second kappa shape index (κ2) is 7.47. The number of amides is 1. The van der Waals surface area contributed by atoms with E-state index in [0.29, 0.717) is 31.4 Å². The van der Waals surface area contributed by atoms with Crippen molar-refractivity contribution < 1.29 is 9.21 Å². The molecule has 6 nitrogen and oxygen atoms in total. The summed E-state index contributed by atoms with van der Waals surface area (Å²) in [6.45, 7) is 6.94.